The summed E-state index contributed by atoms with van der Waals surface area (Å²) in [7, 11) is 1.29. The van der Waals surface area contributed by atoms with Gasteiger partial charge in [0.25, 0.3) is 0 Å². The van der Waals surface area contributed by atoms with Crippen LogP contribution in [0.3, 0.4) is 0 Å². The molecule has 26 heavy (non-hydrogen) atoms. The Balaban J connectivity index is 1.64. The van der Waals surface area contributed by atoms with Crippen LogP contribution in [0.4, 0.5) is 21.9 Å². The molecule has 0 aromatic heterocycles. The molecule has 3 rings (SSSR count). The number of halogens is 1. The van der Waals surface area contributed by atoms with Crippen LogP contribution in [0.2, 0.25) is 5.02 Å². The van der Waals surface area contributed by atoms with E-state index in [-0.39, 0.29) is 0 Å². The van der Waals surface area contributed by atoms with Crippen LogP contribution in [0, 0.1) is 0 Å². The molecule has 2 N–H and O–H groups in total. The van der Waals surface area contributed by atoms with Gasteiger partial charge in [-0.25, -0.2) is 9.59 Å². The molecule has 6 nitrogen and oxygen atoms in total. The molecule has 2 aromatic rings. The molecule has 2 amide bonds. The molecule has 0 atom stereocenters. The molecule has 7 heteroatoms. The summed E-state index contributed by atoms with van der Waals surface area (Å²) in [5.41, 5.74) is 2.47. The summed E-state index contributed by atoms with van der Waals surface area (Å²) >= 11 is 6.08. The first kappa shape index (κ1) is 18.1. The van der Waals surface area contributed by atoms with E-state index in [4.69, 9.17) is 11.6 Å². The van der Waals surface area contributed by atoms with Crippen molar-refractivity contribution in [3.63, 3.8) is 0 Å². The molecule has 0 radical (unpaired) electrons. The minimum Gasteiger partial charge on any atom is -0.465 e. The van der Waals surface area contributed by atoms with Gasteiger partial charge in [0.1, 0.15) is 0 Å². The fourth-order valence-corrected chi connectivity index (χ4v) is 3.05. The van der Waals surface area contributed by atoms with E-state index in [1.165, 1.54) is 38.2 Å². The maximum absolute atomic E-state index is 12.2. The first-order valence-electron chi connectivity index (χ1n) is 8.38. The van der Waals surface area contributed by atoms with E-state index in [1.807, 2.05) is 24.3 Å². The van der Waals surface area contributed by atoms with Crippen molar-refractivity contribution < 1.29 is 14.3 Å². The highest BCUT2D eigenvalue weighted by Gasteiger charge is 2.13. The fourth-order valence-electron chi connectivity index (χ4n) is 2.88. The molecule has 0 saturated carbocycles. The first-order chi connectivity index (χ1) is 12.6. The summed E-state index contributed by atoms with van der Waals surface area (Å²) in [5.74, 6) is -0.498. The third-order valence-corrected chi connectivity index (χ3v) is 4.56. The van der Waals surface area contributed by atoms with Gasteiger partial charge >= 0.3 is 12.0 Å². The number of carbonyl (C=O) groups excluding carboxylic acids is 2. The summed E-state index contributed by atoms with van der Waals surface area (Å²) < 4.78 is 4.67. The summed E-state index contributed by atoms with van der Waals surface area (Å²) in [6, 6.07) is 11.8. The number of esters is 1. The molecular formula is C19H20ClN3O3. The SMILES string of the molecule is COC(=O)c1ccc(Cl)c(NC(=O)Nc2ccc(N3CCCC3)cc2)c1. The first-order valence-corrected chi connectivity index (χ1v) is 8.75. The summed E-state index contributed by atoms with van der Waals surface area (Å²) in [4.78, 5) is 26.1. The molecule has 1 heterocycles. The second-order valence-corrected chi connectivity index (χ2v) is 6.41. The van der Waals surface area contributed by atoms with Crippen LogP contribution in [0.15, 0.2) is 42.5 Å². The van der Waals surface area contributed by atoms with E-state index in [9.17, 15) is 9.59 Å². The maximum atomic E-state index is 12.2. The van der Waals surface area contributed by atoms with Crippen LogP contribution < -0.4 is 15.5 Å². The van der Waals surface area contributed by atoms with Crippen LogP contribution in [0.5, 0.6) is 0 Å². The Labute approximate surface area is 157 Å². The van der Waals surface area contributed by atoms with Crippen molar-refractivity contribution >= 4 is 40.7 Å². The number of hydrogen-bond acceptors (Lipinski definition) is 4. The Morgan fingerprint density at radius 1 is 1.04 bits per heavy atom. The predicted molar refractivity (Wildman–Crippen MR) is 103 cm³/mol. The summed E-state index contributed by atoms with van der Waals surface area (Å²) in [5, 5.41) is 5.73. The van der Waals surface area contributed by atoms with Crippen LogP contribution in [0.25, 0.3) is 0 Å². The average molecular weight is 374 g/mol. The number of nitrogens with one attached hydrogen (secondary N) is 2. The number of amides is 2. The van der Waals surface area contributed by atoms with Gasteiger partial charge in [-0.3, -0.25) is 0 Å². The van der Waals surface area contributed by atoms with Crippen molar-refractivity contribution in [1.29, 1.82) is 0 Å². The largest absolute Gasteiger partial charge is 0.465 e. The molecule has 0 unspecified atom stereocenters. The van der Waals surface area contributed by atoms with E-state index < -0.39 is 12.0 Å². The van der Waals surface area contributed by atoms with E-state index in [0.717, 1.165) is 18.8 Å². The molecule has 0 spiro atoms. The highest BCUT2D eigenvalue weighted by atomic mass is 35.5. The van der Waals surface area contributed by atoms with Crippen LogP contribution in [-0.2, 0) is 4.74 Å². The number of rotatable bonds is 4. The quantitative estimate of drug-likeness (QED) is 0.780. The molecular weight excluding hydrogens is 354 g/mol. The Morgan fingerprint density at radius 2 is 1.73 bits per heavy atom. The zero-order valence-electron chi connectivity index (χ0n) is 14.4. The van der Waals surface area contributed by atoms with Gasteiger partial charge in [0, 0.05) is 24.5 Å². The number of methoxy groups -OCH3 is 1. The lowest BCUT2D eigenvalue weighted by Crippen LogP contribution is -2.20. The smallest absolute Gasteiger partial charge is 0.337 e. The van der Waals surface area contributed by atoms with Crippen molar-refractivity contribution in [3.8, 4) is 0 Å². The van der Waals surface area contributed by atoms with Crippen LogP contribution >= 0.6 is 11.6 Å². The highest BCUT2D eigenvalue weighted by Crippen LogP contribution is 2.25. The Morgan fingerprint density at radius 3 is 2.38 bits per heavy atom. The standard InChI is InChI=1S/C19H20ClN3O3/c1-26-18(24)13-4-9-16(20)17(12-13)22-19(25)21-14-5-7-15(8-6-14)23-10-2-3-11-23/h4-9,12H,2-3,10-11H2,1H3,(H2,21,22,25). The lowest BCUT2D eigenvalue weighted by Gasteiger charge is -2.18. The van der Waals surface area contributed by atoms with Crippen LogP contribution in [0.1, 0.15) is 23.2 Å². The van der Waals surface area contributed by atoms with Crippen molar-refractivity contribution in [2.24, 2.45) is 0 Å². The molecule has 136 valence electrons. The molecule has 1 aliphatic rings. The van der Waals surface area contributed by atoms with Gasteiger partial charge < -0.3 is 20.3 Å². The Kier molecular flexibility index (Phi) is 5.63. The monoisotopic (exact) mass is 373 g/mol. The lowest BCUT2D eigenvalue weighted by atomic mass is 10.2. The zero-order valence-corrected chi connectivity index (χ0v) is 15.2. The second-order valence-electron chi connectivity index (χ2n) is 6.01. The van der Waals surface area contributed by atoms with Gasteiger partial charge in [-0.05, 0) is 55.3 Å². The van der Waals surface area contributed by atoms with Crippen LogP contribution in [-0.4, -0.2) is 32.2 Å². The van der Waals surface area contributed by atoms with Crippen molar-refractivity contribution in [3.05, 3.63) is 53.1 Å². The van der Waals surface area contributed by atoms with E-state index in [1.54, 1.807) is 0 Å². The predicted octanol–water partition coefficient (Wildman–Crippen LogP) is 4.37. The third-order valence-electron chi connectivity index (χ3n) is 4.23. The number of nitrogens with zero attached hydrogens (tertiary/aromatic N) is 1. The van der Waals surface area contributed by atoms with E-state index in [2.05, 4.69) is 20.3 Å². The van der Waals surface area contributed by atoms with Crippen molar-refractivity contribution in [1.82, 2.24) is 0 Å². The van der Waals surface area contributed by atoms with Gasteiger partial charge in [-0.1, -0.05) is 11.6 Å². The molecule has 2 aromatic carbocycles. The number of hydrogen-bond donors (Lipinski definition) is 2. The number of urea groups is 1. The minimum absolute atomic E-state index is 0.308. The second kappa shape index (κ2) is 8.10. The lowest BCUT2D eigenvalue weighted by molar-refractivity contribution is 0.0600. The number of ether oxygens (including phenoxy) is 1. The molecule has 1 fully saturated rings. The minimum atomic E-state index is -0.498. The molecule has 0 aliphatic carbocycles. The van der Waals surface area contributed by atoms with Crippen molar-refractivity contribution in [2.45, 2.75) is 12.8 Å². The Hall–Kier alpha value is -2.73. The van der Waals surface area contributed by atoms with Gasteiger partial charge in [-0.2, -0.15) is 0 Å². The Bertz CT molecular complexity index is 802. The van der Waals surface area contributed by atoms with Gasteiger partial charge in [0.05, 0.1) is 23.4 Å². The molecule has 1 saturated heterocycles. The van der Waals surface area contributed by atoms with Crippen molar-refractivity contribution in [2.75, 3.05) is 35.7 Å². The van der Waals surface area contributed by atoms with E-state index >= 15 is 0 Å². The number of anilines is 3. The summed E-state index contributed by atoms with van der Waals surface area (Å²) in [6.45, 7) is 2.14. The summed E-state index contributed by atoms with van der Waals surface area (Å²) in [6.07, 6.45) is 2.43. The molecule has 1 aliphatic heterocycles. The van der Waals surface area contributed by atoms with Gasteiger partial charge in [0.2, 0.25) is 0 Å². The molecule has 0 bridgehead atoms. The number of benzene rings is 2. The normalized spacial score (nSPS) is 13.4. The fraction of sp³-hybridized carbons (Fsp3) is 0.263. The van der Waals surface area contributed by atoms with Gasteiger partial charge in [0.15, 0.2) is 0 Å². The topological polar surface area (TPSA) is 70.7 Å². The third kappa shape index (κ3) is 4.26. The maximum Gasteiger partial charge on any atom is 0.337 e. The van der Waals surface area contributed by atoms with E-state index in [0.29, 0.717) is 22.0 Å². The average Bonchev–Trinajstić information content (AvgIpc) is 3.18. The highest BCUT2D eigenvalue weighted by molar-refractivity contribution is 6.34. The zero-order chi connectivity index (χ0) is 18.5. The number of carbonyl (C=O) groups is 2. The van der Waals surface area contributed by atoms with Gasteiger partial charge in [-0.15, -0.1) is 0 Å².